The van der Waals surface area contributed by atoms with E-state index in [1.54, 1.807) is 30.3 Å². The molecule has 15 heavy (non-hydrogen) atoms. The van der Waals surface area contributed by atoms with Crippen molar-refractivity contribution in [1.29, 1.82) is 0 Å². The van der Waals surface area contributed by atoms with Crippen molar-refractivity contribution in [3.8, 4) is 11.3 Å². The molecule has 0 saturated carbocycles. The fourth-order valence-corrected chi connectivity index (χ4v) is 1.30. The van der Waals surface area contributed by atoms with Crippen LogP contribution in [0.4, 0.5) is 4.39 Å². The predicted octanol–water partition coefficient (Wildman–Crippen LogP) is 2.70. The van der Waals surface area contributed by atoms with E-state index in [0.717, 1.165) is 5.56 Å². The van der Waals surface area contributed by atoms with Gasteiger partial charge in [0.2, 0.25) is 0 Å². The summed E-state index contributed by atoms with van der Waals surface area (Å²) in [5, 5.41) is 0. The van der Waals surface area contributed by atoms with Gasteiger partial charge in [-0.15, -0.1) is 0 Å². The Morgan fingerprint density at radius 2 is 1.80 bits per heavy atom. The SMILES string of the molecule is O=Cc1cccc(-c2ccc(F)cc2)n1. The van der Waals surface area contributed by atoms with Gasteiger partial charge in [0.15, 0.2) is 6.29 Å². The number of pyridine rings is 1. The Kier molecular flexibility index (Phi) is 2.54. The summed E-state index contributed by atoms with van der Waals surface area (Å²) in [5.74, 6) is -0.287. The molecular formula is C12H8FNO. The molecule has 2 rings (SSSR count). The van der Waals surface area contributed by atoms with Gasteiger partial charge >= 0.3 is 0 Å². The van der Waals surface area contributed by atoms with Crippen molar-refractivity contribution in [2.75, 3.05) is 0 Å². The lowest BCUT2D eigenvalue weighted by Crippen LogP contribution is -1.89. The Labute approximate surface area is 86.4 Å². The van der Waals surface area contributed by atoms with E-state index in [1.807, 2.05) is 0 Å². The number of aromatic nitrogens is 1. The minimum atomic E-state index is -0.287. The Morgan fingerprint density at radius 1 is 1.07 bits per heavy atom. The smallest absolute Gasteiger partial charge is 0.168 e. The lowest BCUT2D eigenvalue weighted by atomic mass is 10.1. The summed E-state index contributed by atoms with van der Waals surface area (Å²) in [7, 11) is 0. The van der Waals surface area contributed by atoms with Crippen LogP contribution in [0.1, 0.15) is 10.5 Å². The molecule has 74 valence electrons. The number of carbonyl (C=O) groups is 1. The predicted molar refractivity (Wildman–Crippen MR) is 55.0 cm³/mol. The molecule has 0 atom stereocenters. The van der Waals surface area contributed by atoms with E-state index in [0.29, 0.717) is 17.7 Å². The zero-order chi connectivity index (χ0) is 10.7. The normalized spacial score (nSPS) is 9.93. The highest BCUT2D eigenvalue weighted by molar-refractivity contribution is 5.73. The molecule has 0 radical (unpaired) electrons. The van der Waals surface area contributed by atoms with Crippen LogP contribution in [0.25, 0.3) is 11.3 Å². The summed E-state index contributed by atoms with van der Waals surface area (Å²) in [4.78, 5) is 14.6. The van der Waals surface area contributed by atoms with Gasteiger partial charge in [-0.25, -0.2) is 9.37 Å². The van der Waals surface area contributed by atoms with Gasteiger partial charge in [-0.05, 0) is 36.4 Å². The van der Waals surface area contributed by atoms with Gasteiger partial charge in [0.25, 0.3) is 0 Å². The van der Waals surface area contributed by atoms with Crippen LogP contribution < -0.4 is 0 Å². The number of benzene rings is 1. The molecule has 2 aromatic rings. The van der Waals surface area contributed by atoms with Crippen LogP contribution >= 0.6 is 0 Å². The molecule has 0 N–H and O–H groups in total. The summed E-state index contributed by atoms with van der Waals surface area (Å²) in [6, 6.07) is 11.1. The zero-order valence-corrected chi connectivity index (χ0v) is 7.85. The van der Waals surface area contributed by atoms with Crippen molar-refractivity contribution in [3.63, 3.8) is 0 Å². The van der Waals surface area contributed by atoms with E-state index in [4.69, 9.17) is 0 Å². The zero-order valence-electron chi connectivity index (χ0n) is 7.85. The lowest BCUT2D eigenvalue weighted by Gasteiger charge is -2.00. The number of carbonyl (C=O) groups excluding carboxylic acids is 1. The average Bonchev–Trinajstić information content (AvgIpc) is 2.30. The van der Waals surface area contributed by atoms with Gasteiger partial charge in [-0.2, -0.15) is 0 Å². The standard InChI is InChI=1S/C12H8FNO/c13-10-6-4-9(5-7-10)12-3-1-2-11(8-15)14-12/h1-8H. The molecule has 1 aromatic heterocycles. The molecule has 0 bridgehead atoms. The van der Waals surface area contributed by atoms with Crippen LogP contribution in [0, 0.1) is 5.82 Å². The van der Waals surface area contributed by atoms with E-state index in [1.165, 1.54) is 12.1 Å². The molecule has 0 aliphatic rings. The highest BCUT2D eigenvalue weighted by atomic mass is 19.1. The second-order valence-electron chi connectivity index (χ2n) is 3.07. The first-order valence-electron chi connectivity index (χ1n) is 4.48. The van der Waals surface area contributed by atoms with Crippen LogP contribution in [-0.2, 0) is 0 Å². The van der Waals surface area contributed by atoms with Gasteiger partial charge in [0.05, 0.1) is 5.69 Å². The Bertz CT molecular complexity index is 479. The molecule has 3 heteroatoms. The number of nitrogens with zero attached hydrogens (tertiary/aromatic N) is 1. The Balaban J connectivity index is 2.44. The largest absolute Gasteiger partial charge is 0.296 e. The third-order valence-electron chi connectivity index (χ3n) is 2.03. The molecular weight excluding hydrogens is 193 g/mol. The van der Waals surface area contributed by atoms with Gasteiger partial charge < -0.3 is 0 Å². The van der Waals surface area contributed by atoms with Gasteiger partial charge in [0, 0.05) is 5.56 Å². The summed E-state index contributed by atoms with van der Waals surface area (Å²) < 4.78 is 12.7. The second kappa shape index (κ2) is 4.00. The fourth-order valence-electron chi connectivity index (χ4n) is 1.30. The molecule has 1 aromatic carbocycles. The lowest BCUT2D eigenvalue weighted by molar-refractivity contribution is 0.111. The topological polar surface area (TPSA) is 30.0 Å². The summed E-state index contributed by atoms with van der Waals surface area (Å²) in [6.45, 7) is 0. The Hall–Kier alpha value is -2.03. The quantitative estimate of drug-likeness (QED) is 0.699. The van der Waals surface area contributed by atoms with Crippen molar-refractivity contribution in [3.05, 3.63) is 54.0 Å². The number of halogens is 1. The molecule has 0 aliphatic carbocycles. The van der Waals surface area contributed by atoms with Crippen molar-refractivity contribution in [1.82, 2.24) is 4.98 Å². The van der Waals surface area contributed by atoms with Crippen molar-refractivity contribution in [2.45, 2.75) is 0 Å². The molecule has 1 heterocycles. The summed E-state index contributed by atoms with van der Waals surface area (Å²) >= 11 is 0. The summed E-state index contributed by atoms with van der Waals surface area (Å²) in [5.41, 5.74) is 1.83. The minimum Gasteiger partial charge on any atom is -0.296 e. The van der Waals surface area contributed by atoms with Crippen LogP contribution in [0.5, 0.6) is 0 Å². The van der Waals surface area contributed by atoms with Crippen molar-refractivity contribution in [2.24, 2.45) is 0 Å². The van der Waals surface area contributed by atoms with Crippen LogP contribution in [0.3, 0.4) is 0 Å². The maximum absolute atomic E-state index is 12.7. The minimum absolute atomic E-state index is 0.287. The Morgan fingerprint density at radius 3 is 2.47 bits per heavy atom. The van der Waals surface area contributed by atoms with Crippen LogP contribution in [0.15, 0.2) is 42.5 Å². The monoisotopic (exact) mass is 201 g/mol. The molecule has 0 saturated heterocycles. The molecule has 0 fully saturated rings. The number of hydrogen-bond acceptors (Lipinski definition) is 2. The first-order valence-corrected chi connectivity index (χ1v) is 4.48. The van der Waals surface area contributed by atoms with E-state index >= 15 is 0 Å². The van der Waals surface area contributed by atoms with Gasteiger partial charge in [0.1, 0.15) is 11.5 Å². The highest BCUT2D eigenvalue weighted by Gasteiger charge is 2.00. The van der Waals surface area contributed by atoms with E-state index in [-0.39, 0.29) is 5.82 Å². The van der Waals surface area contributed by atoms with Crippen molar-refractivity contribution < 1.29 is 9.18 Å². The molecule has 0 amide bonds. The first kappa shape index (κ1) is 9.52. The van der Waals surface area contributed by atoms with Crippen LogP contribution in [0.2, 0.25) is 0 Å². The second-order valence-corrected chi connectivity index (χ2v) is 3.07. The number of hydrogen-bond donors (Lipinski definition) is 0. The molecule has 0 aliphatic heterocycles. The van der Waals surface area contributed by atoms with Gasteiger partial charge in [-0.3, -0.25) is 4.79 Å². The highest BCUT2D eigenvalue weighted by Crippen LogP contribution is 2.16. The van der Waals surface area contributed by atoms with E-state index < -0.39 is 0 Å². The fraction of sp³-hybridized carbons (Fsp3) is 0. The molecule has 2 nitrogen and oxygen atoms in total. The molecule has 0 spiro atoms. The average molecular weight is 201 g/mol. The first-order chi connectivity index (χ1) is 7.29. The molecule has 0 unspecified atom stereocenters. The third kappa shape index (κ3) is 2.07. The number of rotatable bonds is 2. The van der Waals surface area contributed by atoms with Crippen LogP contribution in [-0.4, -0.2) is 11.3 Å². The van der Waals surface area contributed by atoms with E-state index in [2.05, 4.69) is 4.98 Å². The number of aldehydes is 1. The summed E-state index contributed by atoms with van der Waals surface area (Å²) in [6.07, 6.45) is 0.688. The maximum Gasteiger partial charge on any atom is 0.168 e. The van der Waals surface area contributed by atoms with E-state index in [9.17, 15) is 9.18 Å². The van der Waals surface area contributed by atoms with Gasteiger partial charge in [-0.1, -0.05) is 6.07 Å². The third-order valence-corrected chi connectivity index (χ3v) is 2.03. The van der Waals surface area contributed by atoms with Crippen molar-refractivity contribution >= 4 is 6.29 Å². The maximum atomic E-state index is 12.7.